The van der Waals surface area contributed by atoms with Crippen molar-refractivity contribution in [3.63, 3.8) is 0 Å². The smallest absolute Gasteiger partial charge is 0.187 e. The highest BCUT2D eigenvalue weighted by Gasteiger charge is 2.51. The van der Waals surface area contributed by atoms with Crippen molar-refractivity contribution in [2.45, 2.75) is 98.2 Å². The summed E-state index contributed by atoms with van der Waals surface area (Å²) in [5.41, 5.74) is 23.6. The minimum Gasteiger partial charge on any atom is -0.394 e. The first-order chi connectivity index (χ1) is 15.5. The Balaban J connectivity index is 1.72. The Bertz CT molecular complexity index is 584. The molecule has 3 rings (SSSR count). The van der Waals surface area contributed by atoms with Crippen LogP contribution in [0.25, 0.3) is 0 Å². The van der Waals surface area contributed by atoms with E-state index in [4.69, 9.17) is 41.9 Å². The Morgan fingerprint density at radius 3 is 1.73 bits per heavy atom. The molecule has 0 aromatic heterocycles. The Hall–Kier alpha value is -0.600. The van der Waals surface area contributed by atoms with Crippen LogP contribution in [0, 0.1) is 0 Å². The second-order valence-electron chi connectivity index (χ2n) is 8.79. The van der Waals surface area contributed by atoms with Gasteiger partial charge in [-0.1, -0.05) is 0 Å². The van der Waals surface area contributed by atoms with Crippen LogP contribution in [0.2, 0.25) is 0 Å². The summed E-state index contributed by atoms with van der Waals surface area (Å²) >= 11 is 0. The zero-order chi connectivity index (χ0) is 24.6. The second-order valence-corrected chi connectivity index (χ2v) is 8.79. The quantitative estimate of drug-likeness (QED) is 0.167. The van der Waals surface area contributed by atoms with Crippen LogP contribution in [0.3, 0.4) is 0 Å². The Kier molecular flexibility index (Phi) is 8.99. The van der Waals surface area contributed by atoms with Gasteiger partial charge in [0.05, 0.1) is 12.6 Å². The van der Waals surface area contributed by atoms with Gasteiger partial charge < -0.3 is 77.6 Å². The summed E-state index contributed by atoms with van der Waals surface area (Å²) < 4.78 is 22.3. The third-order valence-corrected chi connectivity index (χ3v) is 6.47. The summed E-state index contributed by atoms with van der Waals surface area (Å²) in [6.45, 7) is -0.786. The molecule has 1 saturated carbocycles. The molecule has 0 aromatic rings. The van der Waals surface area contributed by atoms with Crippen LogP contribution in [-0.2, 0) is 18.9 Å². The standard InChI is InChI=1S/C18H36N4O11/c19-2-6-9(24)12(27)13(28)18(30-6)33-16-5(21)1-4(20)15(14(16)29)32-17-8(22)11(26)10(25)7(3-23)31-17/h4-18,23-29H,1-3,19-22H2/t4-,5+,6+,7-,8-,9+,10-,11-,12-,13+,14-,15+,16-,17+,18+/m1/s1. The van der Waals surface area contributed by atoms with Gasteiger partial charge in [-0.3, -0.25) is 0 Å². The molecule has 0 aromatic carbocycles. The molecular formula is C18H36N4O11. The van der Waals surface area contributed by atoms with Gasteiger partial charge in [-0.2, -0.15) is 0 Å². The lowest BCUT2D eigenvalue weighted by atomic mass is 9.84. The van der Waals surface area contributed by atoms with Gasteiger partial charge in [0.1, 0.15) is 61.0 Å². The van der Waals surface area contributed by atoms with Gasteiger partial charge in [-0.25, -0.2) is 0 Å². The van der Waals surface area contributed by atoms with E-state index >= 15 is 0 Å². The lowest BCUT2D eigenvalue weighted by Crippen LogP contribution is -2.68. The lowest BCUT2D eigenvalue weighted by molar-refractivity contribution is -0.328. The van der Waals surface area contributed by atoms with E-state index in [1.165, 1.54) is 0 Å². The normalized spacial score (nSPS) is 53.7. The molecule has 2 aliphatic heterocycles. The molecule has 15 heteroatoms. The fourth-order valence-corrected chi connectivity index (χ4v) is 4.40. The second kappa shape index (κ2) is 11.0. The average molecular weight is 485 g/mol. The third-order valence-electron chi connectivity index (χ3n) is 6.47. The molecule has 15 nitrogen and oxygen atoms in total. The molecule has 2 heterocycles. The van der Waals surface area contributed by atoms with E-state index in [1.807, 2.05) is 0 Å². The lowest BCUT2D eigenvalue weighted by Gasteiger charge is -2.48. The first-order valence-electron chi connectivity index (χ1n) is 10.8. The van der Waals surface area contributed by atoms with E-state index in [0.717, 1.165) is 0 Å². The number of rotatable bonds is 6. The Morgan fingerprint density at radius 2 is 1.18 bits per heavy atom. The van der Waals surface area contributed by atoms with E-state index < -0.39 is 98.4 Å². The number of ether oxygens (including phenoxy) is 4. The van der Waals surface area contributed by atoms with E-state index in [1.54, 1.807) is 0 Å². The molecule has 3 fully saturated rings. The van der Waals surface area contributed by atoms with Gasteiger partial charge in [0, 0.05) is 18.6 Å². The summed E-state index contributed by atoms with van der Waals surface area (Å²) in [5, 5.41) is 70.6. The van der Waals surface area contributed by atoms with E-state index in [-0.39, 0.29) is 13.0 Å². The summed E-state index contributed by atoms with van der Waals surface area (Å²) in [7, 11) is 0. The molecule has 0 unspecified atom stereocenters. The number of aliphatic hydroxyl groups excluding tert-OH is 7. The molecule has 0 amide bonds. The van der Waals surface area contributed by atoms with Crippen LogP contribution in [0.5, 0.6) is 0 Å². The largest absolute Gasteiger partial charge is 0.394 e. The first kappa shape index (κ1) is 27.0. The van der Waals surface area contributed by atoms with Crippen molar-refractivity contribution in [2.75, 3.05) is 13.2 Å². The van der Waals surface area contributed by atoms with Crippen LogP contribution >= 0.6 is 0 Å². The monoisotopic (exact) mass is 484 g/mol. The molecule has 1 aliphatic carbocycles. The maximum Gasteiger partial charge on any atom is 0.187 e. The summed E-state index contributed by atoms with van der Waals surface area (Å²) in [4.78, 5) is 0. The van der Waals surface area contributed by atoms with Gasteiger partial charge in [-0.05, 0) is 6.42 Å². The summed E-state index contributed by atoms with van der Waals surface area (Å²) in [6.07, 6.45) is -16.4. The van der Waals surface area contributed by atoms with E-state index in [0.29, 0.717) is 0 Å². The topological polar surface area (TPSA) is 283 Å². The summed E-state index contributed by atoms with van der Waals surface area (Å²) in [5.74, 6) is 0. The van der Waals surface area contributed by atoms with Gasteiger partial charge in [-0.15, -0.1) is 0 Å². The molecule has 15 N–H and O–H groups in total. The maximum atomic E-state index is 10.9. The van der Waals surface area contributed by atoms with Crippen molar-refractivity contribution in [1.29, 1.82) is 0 Å². The molecule has 2 saturated heterocycles. The zero-order valence-electron chi connectivity index (χ0n) is 17.9. The molecule has 33 heavy (non-hydrogen) atoms. The van der Waals surface area contributed by atoms with Gasteiger partial charge in [0.25, 0.3) is 0 Å². The van der Waals surface area contributed by atoms with Crippen LogP contribution in [-0.4, -0.2) is 141 Å². The number of aliphatic hydroxyl groups is 7. The minimum absolute atomic E-state index is 0.0945. The van der Waals surface area contributed by atoms with Crippen LogP contribution in [0.4, 0.5) is 0 Å². The molecule has 194 valence electrons. The van der Waals surface area contributed by atoms with E-state index in [2.05, 4.69) is 0 Å². The zero-order valence-corrected chi connectivity index (χ0v) is 17.9. The Labute approximate surface area is 189 Å². The molecule has 0 bridgehead atoms. The van der Waals surface area contributed by atoms with Crippen molar-refractivity contribution >= 4 is 0 Å². The molecular weight excluding hydrogens is 448 g/mol. The number of hydrogen-bond acceptors (Lipinski definition) is 15. The van der Waals surface area contributed by atoms with Crippen LogP contribution < -0.4 is 22.9 Å². The number of nitrogens with two attached hydrogens (primary N) is 4. The maximum absolute atomic E-state index is 10.9. The van der Waals surface area contributed by atoms with Gasteiger partial charge >= 0.3 is 0 Å². The van der Waals surface area contributed by atoms with Crippen molar-refractivity contribution in [3.8, 4) is 0 Å². The van der Waals surface area contributed by atoms with E-state index in [9.17, 15) is 35.7 Å². The molecule has 3 aliphatic rings. The van der Waals surface area contributed by atoms with Crippen molar-refractivity contribution < 1.29 is 54.7 Å². The highest BCUT2D eigenvalue weighted by atomic mass is 16.7. The predicted molar refractivity (Wildman–Crippen MR) is 108 cm³/mol. The highest BCUT2D eigenvalue weighted by Crippen LogP contribution is 2.31. The highest BCUT2D eigenvalue weighted by molar-refractivity contribution is 5.01. The third kappa shape index (κ3) is 5.32. The first-order valence-corrected chi connectivity index (χ1v) is 10.8. The number of hydrogen-bond donors (Lipinski definition) is 11. The van der Waals surface area contributed by atoms with Crippen molar-refractivity contribution in [3.05, 3.63) is 0 Å². The van der Waals surface area contributed by atoms with Crippen molar-refractivity contribution in [1.82, 2.24) is 0 Å². The minimum atomic E-state index is -1.66. The average Bonchev–Trinajstić information content (AvgIpc) is 2.79. The van der Waals surface area contributed by atoms with Gasteiger partial charge in [0.2, 0.25) is 0 Å². The van der Waals surface area contributed by atoms with Crippen molar-refractivity contribution in [2.24, 2.45) is 22.9 Å². The fourth-order valence-electron chi connectivity index (χ4n) is 4.40. The van der Waals surface area contributed by atoms with Crippen LogP contribution in [0.1, 0.15) is 6.42 Å². The predicted octanol–water partition coefficient (Wildman–Crippen LogP) is -7.29. The fraction of sp³-hybridized carbons (Fsp3) is 1.00. The molecule has 15 atom stereocenters. The molecule has 0 radical (unpaired) electrons. The molecule has 0 spiro atoms. The van der Waals surface area contributed by atoms with Crippen LogP contribution in [0.15, 0.2) is 0 Å². The summed E-state index contributed by atoms with van der Waals surface area (Å²) in [6, 6.07) is -2.87. The Morgan fingerprint density at radius 1 is 0.667 bits per heavy atom. The van der Waals surface area contributed by atoms with Gasteiger partial charge in [0.15, 0.2) is 12.6 Å². The SMILES string of the molecule is NC[C@@H]1O[C@@H](O[C@H]2[C@H](O)[C@@H](O[C@@H]3O[C@H](CO)[C@@H](O)[C@H](O)[C@H]3N)[C@H](N)C[C@@H]2N)[C@@H](O)[C@H](O)[C@H]1O.